The molecule has 0 bridgehead atoms. The summed E-state index contributed by atoms with van der Waals surface area (Å²) in [5.41, 5.74) is 0. The quantitative estimate of drug-likeness (QED) is 0.0199. The SMILES string of the molecule is CCCCCCCCCCCCCCCCCC/C=C/CC/C=C/CC/C=C/C(O)C(COC1OC(CO)C(OC2OC(CO)C(OC3OC(CO)C(O)C(O)C3O)C(O)C2O)C(O)C1O)NC(=O)CCCCCCCCCCCCCCCCCCC. The summed E-state index contributed by atoms with van der Waals surface area (Å²) >= 11 is 0. The summed E-state index contributed by atoms with van der Waals surface area (Å²) in [5.74, 6) is -0.286. The summed E-state index contributed by atoms with van der Waals surface area (Å²) in [5, 5.41) is 120. The summed E-state index contributed by atoms with van der Waals surface area (Å²) in [4.78, 5) is 13.4. The molecule has 0 aromatic rings. The number of carbonyl (C=O) groups excluding carboxylic acids is 1. The van der Waals surface area contributed by atoms with Gasteiger partial charge in [0.1, 0.15) is 73.2 Å². The van der Waals surface area contributed by atoms with Crippen LogP contribution in [0.25, 0.3) is 0 Å². The molecule has 3 rings (SSSR count). The molecule has 17 atom stereocenters. The van der Waals surface area contributed by atoms with Crippen LogP contribution >= 0.6 is 0 Å². The van der Waals surface area contributed by atoms with E-state index in [0.717, 1.165) is 44.9 Å². The molecule has 3 aliphatic rings. The highest BCUT2D eigenvalue weighted by Crippen LogP contribution is 2.33. The molecule has 0 radical (unpaired) electrons. The van der Waals surface area contributed by atoms with Crippen molar-refractivity contribution in [1.29, 1.82) is 0 Å². The Kier molecular flexibility index (Phi) is 46.9. The molecule has 516 valence electrons. The van der Waals surface area contributed by atoms with Gasteiger partial charge in [0, 0.05) is 6.42 Å². The molecule has 3 fully saturated rings. The Morgan fingerprint density at radius 1 is 0.398 bits per heavy atom. The number of amides is 1. The number of ether oxygens (including phenoxy) is 6. The molecule has 88 heavy (non-hydrogen) atoms. The zero-order valence-electron chi connectivity index (χ0n) is 54.5. The van der Waals surface area contributed by atoms with E-state index >= 15 is 0 Å². The molecular weight excluding hydrogens is 1130 g/mol. The van der Waals surface area contributed by atoms with Crippen molar-refractivity contribution in [2.45, 2.75) is 369 Å². The second-order valence-electron chi connectivity index (χ2n) is 25.3. The van der Waals surface area contributed by atoms with Gasteiger partial charge in [0.25, 0.3) is 0 Å². The predicted octanol–water partition coefficient (Wildman–Crippen LogP) is 9.22. The molecule has 0 aromatic heterocycles. The molecule has 1 amide bonds. The van der Waals surface area contributed by atoms with E-state index in [1.54, 1.807) is 6.08 Å². The number of rotatable bonds is 54. The zero-order chi connectivity index (χ0) is 64.0. The fraction of sp³-hybridized carbons (Fsp3) is 0.899. The highest BCUT2D eigenvalue weighted by molar-refractivity contribution is 5.76. The van der Waals surface area contributed by atoms with Crippen molar-refractivity contribution in [1.82, 2.24) is 5.32 Å². The predicted molar refractivity (Wildman–Crippen MR) is 342 cm³/mol. The maximum absolute atomic E-state index is 13.4. The average Bonchev–Trinajstić information content (AvgIpc) is 3.69. The van der Waals surface area contributed by atoms with E-state index in [-0.39, 0.29) is 18.9 Å². The maximum atomic E-state index is 13.4. The molecule has 19 heteroatoms. The van der Waals surface area contributed by atoms with Gasteiger partial charge in [-0.05, 0) is 44.9 Å². The van der Waals surface area contributed by atoms with Crippen LogP contribution in [0.5, 0.6) is 0 Å². The maximum Gasteiger partial charge on any atom is 0.220 e. The molecule has 3 heterocycles. The van der Waals surface area contributed by atoms with Crippen LogP contribution in [0.3, 0.4) is 0 Å². The van der Waals surface area contributed by atoms with Crippen molar-refractivity contribution in [3.8, 4) is 0 Å². The molecule has 17 unspecified atom stereocenters. The first-order chi connectivity index (χ1) is 42.8. The van der Waals surface area contributed by atoms with Gasteiger partial charge in [-0.2, -0.15) is 0 Å². The molecule has 0 saturated carbocycles. The lowest BCUT2D eigenvalue weighted by Crippen LogP contribution is -2.66. The van der Waals surface area contributed by atoms with Gasteiger partial charge in [-0.15, -0.1) is 0 Å². The number of hydrogen-bond acceptors (Lipinski definition) is 18. The summed E-state index contributed by atoms with van der Waals surface area (Å²) in [6.45, 7) is 1.73. The second-order valence-corrected chi connectivity index (χ2v) is 25.3. The molecule has 0 spiro atoms. The van der Waals surface area contributed by atoms with E-state index in [1.807, 2.05) is 6.08 Å². The van der Waals surface area contributed by atoms with Crippen LogP contribution in [0.2, 0.25) is 0 Å². The number of allylic oxidation sites excluding steroid dienone is 5. The van der Waals surface area contributed by atoms with Crippen LogP contribution in [0.4, 0.5) is 0 Å². The lowest BCUT2D eigenvalue weighted by molar-refractivity contribution is -0.379. The van der Waals surface area contributed by atoms with Gasteiger partial charge in [0.2, 0.25) is 5.91 Å². The average molecular weight is 1260 g/mol. The standard InChI is InChI=1S/C69H127NO18/c1-3-5-7-9-11-13-15-17-19-21-22-23-24-25-26-27-28-29-31-32-34-36-38-40-42-44-46-53(74)52(70-57(75)47-45-43-41-39-37-35-33-30-20-18-16-14-12-10-8-6-4-2)51-83-67-63(81)60(78)65(55(49-72)85-67)88-69-64(82)61(79)66(56(50-73)86-69)87-68-62(80)59(77)58(76)54(48-71)84-68/h29,31,36,38,44,46,52-56,58-69,71-74,76-82H,3-28,30,32-35,37,39-43,45,47-51H2,1-2H3,(H,70,75)/b31-29+,38-36+,46-44+. The third-order valence-corrected chi connectivity index (χ3v) is 17.7. The van der Waals surface area contributed by atoms with Crippen LogP contribution in [0.15, 0.2) is 36.5 Å². The van der Waals surface area contributed by atoms with Gasteiger partial charge in [0.15, 0.2) is 18.9 Å². The van der Waals surface area contributed by atoms with Crippen molar-refractivity contribution in [2.24, 2.45) is 0 Å². The molecule has 3 aliphatic heterocycles. The Hall–Kier alpha value is -1.99. The van der Waals surface area contributed by atoms with Crippen LogP contribution in [-0.4, -0.2) is 193 Å². The highest BCUT2D eigenvalue weighted by Gasteiger charge is 2.53. The van der Waals surface area contributed by atoms with Gasteiger partial charge >= 0.3 is 0 Å². The third kappa shape index (κ3) is 33.2. The van der Waals surface area contributed by atoms with Crippen molar-refractivity contribution in [3.63, 3.8) is 0 Å². The Morgan fingerprint density at radius 2 is 0.727 bits per heavy atom. The molecular formula is C69H127NO18. The van der Waals surface area contributed by atoms with Crippen molar-refractivity contribution >= 4 is 5.91 Å². The van der Waals surface area contributed by atoms with Crippen LogP contribution in [-0.2, 0) is 33.2 Å². The summed E-state index contributed by atoms with van der Waals surface area (Å²) in [6, 6.07) is -0.994. The van der Waals surface area contributed by atoms with Crippen LogP contribution in [0.1, 0.15) is 264 Å². The summed E-state index contributed by atoms with van der Waals surface area (Å²) in [7, 11) is 0. The number of aliphatic hydroxyl groups excluding tert-OH is 11. The second kappa shape index (κ2) is 51.4. The Labute approximate surface area is 530 Å². The highest BCUT2D eigenvalue weighted by atomic mass is 16.8. The number of nitrogens with one attached hydrogen (secondary N) is 1. The minimum Gasteiger partial charge on any atom is -0.394 e. The summed E-state index contributed by atoms with van der Waals surface area (Å²) in [6.07, 6.45) is 32.7. The van der Waals surface area contributed by atoms with Crippen molar-refractivity contribution < 1.29 is 89.4 Å². The number of carbonyl (C=O) groups is 1. The molecule has 0 aliphatic carbocycles. The largest absolute Gasteiger partial charge is 0.394 e. The Balaban J connectivity index is 1.45. The lowest BCUT2D eigenvalue weighted by atomic mass is 9.96. The van der Waals surface area contributed by atoms with Crippen molar-refractivity contribution in [2.75, 3.05) is 26.4 Å². The first-order valence-electron chi connectivity index (χ1n) is 35.2. The van der Waals surface area contributed by atoms with Gasteiger partial charge in [-0.1, -0.05) is 249 Å². The first kappa shape index (κ1) is 80.2. The number of hydrogen-bond donors (Lipinski definition) is 12. The van der Waals surface area contributed by atoms with Gasteiger partial charge in [0.05, 0.1) is 38.6 Å². The molecule has 3 saturated heterocycles. The fourth-order valence-electron chi connectivity index (χ4n) is 11.9. The minimum atomic E-state index is -1.98. The molecule has 19 nitrogen and oxygen atoms in total. The Morgan fingerprint density at radius 3 is 1.14 bits per heavy atom. The van der Waals surface area contributed by atoms with Crippen molar-refractivity contribution in [3.05, 3.63) is 36.5 Å². The Bertz CT molecular complexity index is 1740. The van der Waals surface area contributed by atoms with E-state index in [2.05, 4.69) is 43.5 Å². The number of aliphatic hydroxyl groups is 11. The smallest absolute Gasteiger partial charge is 0.220 e. The lowest BCUT2D eigenvalue weighted by Gasteiger charge is -2.48. The topological polar surface area (TPSA) is 307 Å². The third-order valence-electron chi connectivity index (χ3n) is 17.7. The van der Waals surface area contributed by atoms with Gasteiger partial charge in [-0.25, -0.2) is 0 Å². The summed E-state index contributed by atoms with van der Waals surface area (Å²) < 4.78 is 34.3. The van der Waals surface area contributed by atoms with Gasteiger partial charge in [-0.3, -0.25) is 4.79 Å². The van der Waals surface area contributed by atoms with Crippen LogP contribution < -0.4 is 5.32 Å². The molecule has 12 N–H and O–H groups in total. The van der Waals surface area contributed by atoms with E-state index < -0.39 is 124 Å². The monoisotopic (exact) mass is 1260 g/mol. The van der Waals surface area contributed by atoms with Crippen LogP contribution in [0, 0.1) is 0 Å². The minimum absolute atomic E-state index is 0.236. The first-order valence-corrected chi connectivity index (χ1v) is 35.2. The normalized spacial score (nSPS) is 28.6. The zero-order valence-corrected chi connectivity index (χ0v) is 54.5. The van der Waals surface area contributed by atoms with E-state index in [1.165, 1.54) is 186 Å². The number of unbranched alkanes of at least 4 members (excludes halogenated alkanes) is 34. The fourth-order valence-corrected chi connectivity index (χ4v) is 11.9. The van der Waals surface area contributed by atoms with E-state index in [4.69, 9.17) is 28.4 Å². The van der Waals surface area contributed by atoms with Gasteiger partial charge < -0.3 is 89.9 Å². The van der Waals surface area contributed by atoms with E-state index in [9.17, 15) is 61.0 Å². The molecule has 0 aromatic carbocycles. The van der Waals surface area contributed by atoms with E-state index in [0.29, 0.717) is 12.8 Å².